The van der Waals surface area contributed by atoms with Crippen LogP contribution in [0.25, 0.3) is 0 Å². The lowest BCUT2D eigenvalue weighted by atomic mass is 9.79. The molecule has 0 radical (unpaired) electrons. The normalized spacial score (nSPS) is 56.6. The molecule has 4 unspecified atom stereocenters. The highest BCUT2D eigenvalue weighted by Crippen LogP contribution is 2.43. The third kappa shape index (κ3) is 3.20. The van der Waals surface area contributed by atoms with E-state index in [0.29, 0.717) is 6.92 Å². The number of hydrogen-bond donors (Lipinski definition) is 1. The average Bonchev–Trinajstić information content (AvgIpc) is 2.77. The van der Waals surface area contributed by atoms with Crippen LogP contribution in [0.15, 0.2) is 12.1 Å². The number of rotatable bonds is 4. The van der Waals surface area contributed by atoms with E-state index in [9.17, 15) is 5.11 Å². The summed E-state index contributed by atoms with van der Waals surface area (Å²) in [4.78, 5) is -0.113. The lowest BCUT2D eigenvalue weighted by Crippen LogP contribution is -2.48. The maximum Gasteiger partial charge on any atom is 0.161 e. The second-order valence-electron chi connectivity index (χ2n) is 5.03. The van der Waals surface area contributed by atoms with Crippen LogP contribution in [0.5, 0.6) is 11.5 Å². The van der Waals surface area contributed by atoms with E-state index >= 15 is 0 Å². The van der Waals surface area contributed by atoms with Gasteiger partial charge in [0, 0.05) is 39.6 Å². The molecule has 1 N–H and O–H groups in total. The lowest BCUT2D eigenvalue weighted by molar-refractivity contribution is -0.0191. The van der Waals surface area contributed by atoms with Crippen LogP contribution < -0.4 is 9.47 Å². The molecule has 128 valence electrons. The van der Waals surface area contributed by atoms with Gasteiger partial charge in [0.05, 0.1) is 21.7 Å². The second kappa shape index (κ2) is 6.70. The van der Waals surface area contributed by atoms with E-state index in [1.165, 1.54) is 14.2 Å². The van der Waals surface area contributed by atoms with Crippen molar-refractivity contribution in [3.63, 3.8) is 0 Å². The molecule has 2 heterocycles. The quantitative estimate of drug-likeness (QED) is 0.918. The topological polar surface area (TPSA) is 41.9 Å². The summed E-state index contributed by atoms with van der Waals surface area (Å²) < 4.78 is 146. The summed E-state index contributed by atoms with van der Waals surface area (Å²) in [7, 11) is 2.38. The minimum Gasteiger partial charge on any atom is -0.493 e. The molecule has 0 spiro atoms. The summed E-state index contributed by atoms with van der Waals surface area (Å²) in [5, 5.41) is 11.4. The highest BCUT2D eigenvalue weighted by Gasteiger charge is 2.38. The number of ether oxygens (including phenoxy) is 2. The number of benzene rings is 1. The van der Waals surface area contributed by atoms with E-state index in [-0.39, 0.29) is 16.4 Å². The van der Waals surface area contributed by atoms with Crippen molar-refractivity contribution < 1.29 is 36.5 Å². The molecular formula is C19H29NO3. The van der Waals surface area contributed by atoms with Gasteiger partial charge in [-0.3, -0.25) is 4.90 Å². The van der Waals surface area contributed by atoms with Crippen molar-refractivity contribution in [1.29, 1.82) is 0 Å². The predicted molar refractivity (Wildman–Crippen MR) is 91.1 cm³/mol. The number of piperidine rings is 1. The Morgan fingerprint density at radius 2 is 2.26 bits per heavy atom. The minimum absolute atomic E-state index is 0.0984. The van der Waals surface area contributed by atoms with Gasteiger partial charge in [0.1, 0.15) is 0 Å². The highest BCUT2D eigenvalue weighted by molar-refractivity contribution is 5.49. The van der Waals surface area contributed by atoms with E-state index in [0.717, 1.165) is 12.1 Å². The number of fused-ring (bicyclic) bond motifs is 3. The monoisotopic (exact) mass is 335 g/mol. The fraction of sp³-hybridized carbons (Fsp3) is 0.684. The zero-order chi connectivity index (χ0) is 30.8. The third-order valence-corrected chi connectivity index (χ3v) is 3.47. The van der Waals surface area contributed by atoms with Crippen molar-refractivity contribution in [3.05, 3.63) is 23.3 Å². The Hall–Kier alpha value is -1.26. The molecule has 0 amide bonds. The second-order valence-corrected chi connectivity index (χ2v) is 5.03. The van der Waals surface area contributed by atoms with Gasteiger partial charge in [0.15, 0.2) is 11.5 Å². The van der Waals surface area contributed by atoms with Gasteiger partial charge in [0.25, 0.3) is 0 Å². The smallest absolute Gasteiger partial charge is 0.161 e. The molecule has 1 saturated heterocycles. The number of aliphatic hydroxyl groups is 1. The Bertz CT molecular complexity index is 1160. The van der Waals surface area contributed by atoms with Gasteiger partial charge in [0.2, 0.25) is 0 Å². The molecule has 4 nitrogen and oxygen atoms in total. The van der Waals surface area contributed by atoms with Crippen LogP contribution >= 0.6 is 0 Å². The molecule has 1 fully saturated rings. The Morgan fingerprint density at radius 1 is 1.52 bits per heavy atom. The summed E-state index contributed by atoms with van der Waals surface area (Å²) >= 11 is 0. The molecule has 0 saturated carbocycles. The Kier molecular flexibility index (Phi) is 1.72. The standard InChI is InChI=1S/C19H29NO3/c1-12(2)7-14-11-20-6-5-13-8-18(22-3)19(23-4)9-15(13)16(20)10-17(14)21/h8-9,12,14,16-17,21H,5-7,10-11H2,1-4H3/i1D3,5D2,6D2,7D2,10D2,11D2,12D,14D,17D. The Morgan fingerprint density at radius 3 is 2.96 bits per heavy atom. The molecule has 1 aromatic rings. The fourth-order valence-electron chi connectivity index (χ4n) is 2.44. The van der Waals surface area contributed by atoms with Gasteiger partial charge >= 0.3 is 0 Å². The molecule has 23 heavy (non-hydrogen) atoms. The van der Waals surface area contributed by atoms with Crippen molar-refractivity contribution in [2.45, 2.75) is 45.0 Å². The van der Waals surface area contributed by atoms with Gasteiger partial charge in [-0.1, -0.05) is 13.8 Å². The minimum atomic E-state index is -4.25. The zero-order valence-electron chi connectivity index (χ0n) is 28.9. The molecular weight excluding hydrogens is 290 g/mol. The highest BCUT2D eigenvalue weighted by atomic mass is 16.5. The van der Waals surface area contributed by atoms with Gasteiger partial charge in [-0.25, -0.2) is 0 Å². The van der Waals surface area contributed by atoms with Crippen molar-refractivity contribution in [3.8, 4) is 11.5 Å². The van der Waals surface area contributed by atoms with E-state index < -0.39 is 74.0 Å². The van der Waals surface area contributed by atoms with Gasteiger partial charge in [-0.05, 0) is 54.2 Å². The number of methoxy groups -OCH3 is 2. The number of nitrogens with zero attached hydrogens (tertiary/aromatic N) is 1. The molecule has 0 aromatic heterocycles. The molecule has 4 heteroatoms. The van der Waals surface area contributed by atoms with E-state index in [4.69, 9.17) is 31.4 Å². The van der Waals surface area contributed by atoms with Crippen molar-refractivity contribution >= 4 is 0 Å². The Labute approximate surface area is 161 Å². The maximum absolute atomic E-state index is 11.4. The van der Waals surface area contributed by atoms with Crippen LogP contribution in [0.3, 0.4) is 0 Å². The molecule has 0 bridgehead atoms. The summed E-state index contributed by atoms with van der Waals surface area (Å²) in [6, 6.07) is -0.372. The molecule has 2 aliphatic rings. The molecule has 4 atom stereocenters. The molecule has 2 aliphatic heterocycles. The first-order chi connectivity index (χ1) is 17.1. The van der Waals surface area contributed by atoms with Gasteiger partial charge in [-0.15, -0.1) is 0 Å². The lowest BCUT2D eigenvalue weighted by Gasteiger charge is -2.46. The molecule has 3 rings (SSSR count). The SMILES string of the molecule is [2H]C([2H])([2H])C([2H])(C)C([2H])([2H])C1([2H])C([2H])([2H])N2C(c3cc(OC)c(OC)cc3C([2H])([2H])C2([2H])[2H])C([2H])([2H])C1([2H])O. The summed E-state index contributed by atoms with van der Waals surface area (Å²) in [5.41, 5.74) is -1.03. The Balaban J connectivity index is 2.55. The summed E-state index contributed by atoms with van der Waals surface area (Å²) in [5.74, 6) is -7.92. The first-order valence-electron chi connectivity index (χ1n) is 14.9. The largest absolute Gasteiger partial charge is 0.493 e. The number of aryl methyl sites for hydroxylation is 1. The maximum atomic E-state index is 11.4. The van der Waals surface area contributed by atoms with E-state index in [1.54, 1.807) is 0 Å². The van der Waals surface area contributed by atoms with Crippen LogP contribution in [0.1, 0.15) is 65.6 Å². The first-order valence-corrected chi connectivity index (χ1v) is 6.89. The fourth-order valence-corrected chi connectivity index (χ4v) is 2.44. The molecule has 0 aliphatic carbocycles. The first kappa shape index (κ1) is 5.92. The van der Waals surface area contributed by atoms with E-state index in [2.05, 4.69) is 0 Å². The zero-order valence-corrected chi connectivity index (χ0v) is 12.9. The summed E-state index contributed by atoms with van der Waals surface area (Å²) in [6.45, 7) is -10.7. The van der Waals surface area contributed by atoms with Crippen LogP contribution in [-0.4, -0.2) is 43.3 Å². The van der Waals surface area contributed by atoms with Crippen LogP contribution in [0.4, 0.5) is 0 Å². The molecule has 1 aromatic carbocycles. The summed E-state index contributed by atoms with van der Waals surface area (Å²) in [6.07, 6.45) is -15.2. The number of hydrogen-bond acceptors (Lipinski definition) is 4. The van der Waals surface area contributed by atoms with Crippen LogP contribution in [-0.2, 0) is 6.37 Å². The van der Waals surface area contributed by atoms with E-state index in [1.807, 2.05) is 0 Å². The van der Waals surface area contributed by atoms with Crippen molar-refractivity contribution in [2.24, 2.45) is 11.8 Å². The van der Waals surface area contributed by atoms with Crippen molar-refractivity contribution in [2.75, 3.05) is 27.2 Å². The average molecular weight is 336 g/mol. The predicted octanol–water partition coefficient (Wildman–Crippen LogP) is 3.03. The van der Waals surface area contributed by atoms with Crippen LogP contribution in [0, 0.1) is 11.8 Å². The van der Waals surface area contributed by atoms with Crippen LogP contribution in [0.2, 0.25) is 0 Å². The third-order valence-electron chi connectivity index (χ3n) is 3.47. The van der Waals surface area contributed by atoms with Gasteiger partial charge < -0.3 is 14.6 Å². The van der Waals surface area contributed by atoms with Gasteiger partial charge in [-0.2, -0.15) is 0 Å². The van der Waals surface area contributed by atoms with Crippen molar-refractivity contribution in [1.82, 2.24) is 4.90 Å².